The highest BCUT2D eigenvalue weighted by Crippen LogP contribution is 2.11. The van der Waals surface area contributed by atoms with E-state index in [1.54, 1.807) is 5.92 Å². The number of rotatable bonds is 2. The maximum atomic E-state index is 11.3. The van der Waals surface area contributed by atoms with Crippen LogP contribution in [0.15, 0.2) is 0 Å². The van der Waals surface area contributed by atoms with Crippen molar-refractivity contribution in [3.05, 3.63) is 0 Å². The molecule has 0 heterocycles. The molecule has 0 unspecified atom stereocenters. The lowest BCUT2D eigenvalue weighted by atomic mass is 10.2. The van der Waals surface area contributed by atoms with Crippen LogP contribution in [0.5, 0.6) is 0 Å². The van der Waals surface area contributed by atoms with Crippen molar-refractivity contribution in [2.75, 3.05) is 0 Å². The molecule has 0 radical (unpaired) electrons. The summed E-state index contributed by atoms with van der Waals surface area (Å²) in [4.78, 5) is 9.98. The van der Waals surface area contributed by atoms with Crippen molar-refractivity contribution in [2.45, 2.75) is 18.6 Å². The fourth-order valence-electron chi connectivity index (χ4n) is 0.349. The van der Waals surface area contributed by atoms with Crippen LogP contribution in [0.1, 0.15) is 6.42 Å². The molecule has 0 aliphatic heterocycles. The predicted molar refractivity (Wildman–Crippen MR) is 34.1 cm³/mol. The lowest BCUT2D eigenvalue weighted by Crippen LogP contribution is -2.29. The molecule has 3 N–H and O–H groups in total. The van der Waals surface area contributed by atoms with Gasteiger partial charge in [-0.05, 0) is 0 Å². The minimum Gasteiger partial charge on any atom is -0.480 e. The van der Waals surface area contributed by atoms with Crippen molar-refractivity contribution in [3.63, 3.8) is 0 Å². The molecule has 0 spiro atoms. The zero-order valence-electron chi connectivity index (χ0n) is 5.85. The molecule has 0 aromatic rings. The van der Waals surface area contributed by atoms with Crippen LogP contribution in [-0.4, -0.2) is 23.3 Å². The second-order valence-electron chi connectivity index (χ2n) is 1.95. The van der Waals surface area contributed by atoms with E-state index in [1.807, 2.05) is 0 Å². The molecule has 0 amide bonds. The normalized spacial score (nSPS) is 13.0. The summed E-state index contributed by atoms with van der Waals surface area (Å²) < 4.78 is 34.0. The molecule has 0 aromatic carbocycles. The quantitative estimate of drug-likeness (QED) is 0.604. The number of hydrogen-bond donors (Lipinski definition) is 2. The summed E-state index contributed by atoms with van der Waals surface area (Å²) in [7, 11) is 0. The van der Waals surface area contributed by atoms with Gasteiger partial charge in [0.2, 0.25) is 0 Å². The second kappa shape index (κ2) is 3.97. The van der Waals surface area contributed by atoms with E-state index in [1.165, 1.54) is 0 Å². The molecule has 0 saturated heterocycles. The molecular weight excluding hydrogens is 175 g/mol. The highest BCUT2D eigenvalue weighted by atomic mass is 19.4. The summed E-state index contributed by atoms with van der Waals surface area (Å²) in [5.74, 6) is 1.17. The summed E-state index contributed by atoms with van der Waals surface area (Å²) >= 11 is 0. The van der Waals surface area contributed by atoms with Crippen LogP contribution in [0.25, 0.3) is 0 Å². The van der Waals surface area contributed by atoms with Crippen molar-refractivity contribution in [1.82, 2.24) is 0 Å². The Kier molecular flexibility index (Phi) is 3.57. The summed E-state index contributed by atoms with van der Waals surface area (Å²) in [5, 5.41) is 8.14. The Bertz CT molecular complexity index is 225. The van der Waals surface area contributed by atoms with Gasteiger partial charge in [0.25, 0.3) is 0 Å². The summed E-state index contributed by atoms with van der Waals surface area (Å²) in [6.07, 6.45) is -5.09. The first-order valence-corrected chi connectivity index (χ1v) is 2.88. The van der Waals surface area contributed by atoms with Crippen molar-refractivity contribution in [1.29, 1.82) is 0 Å². The number of hydrogen-bond acceptors (Lipinski definition) is 2. The maximum absolute atomic E-state index is 11.3. The van der Waals surface area contributed by atoms with E-state index in [4.69, 9.17) is 10.8 Å². The van der Waals surface area contributed by atoms with E-state index in [0.717, 1.165) is 5.92 Å². The van der Waals surface area contributed by atoms with Gasteiger partial charge in [0.1, 0.15) is 6.04 Å². The third-order valence-corrected chi connectivity index (χ3v) is 0.869. The monoisotopic (exact) mass is 181 g/mol. The van der Waals surface area contributed by atoms with Crippen LogP contribution in [-0.2, 0) is 4.79 Å². The molecule has 12 heavy (non-hydrogen) atoms. The van der Waals surface area contributed by atoms with Crippen molar-refractivity contribution >= 4 is 5.97 Å². The van der Waals surface area contributed by atoms with Crippen molar-refractivity contribution in [3.8, 4) is 11.8 Å². The Balaban J connectivity index is 3.96. The molecule has 0 aromatic heterocycles. The number of alkyl halides is 3. The predicted octanol–water partition coefficient (Wildman–Crippen LogP) is 0.354. The van der Waals surface area contributed by atoms with E-state index in [-0.39, 0.29) is 0 Å². The molecule has 0 fully saturated rings. The van der Waals surface area contributed by atoms with Crippen LogP contribution in [0, 0.1) is 11.8 Å². The van der Waals surface area contributed by atoms with Gasteiger partial charge < -0.3 is 10.8 Å². The van der Waals surface area contributed by atoms with E-state index in [0.29, 0.717) is 0 Å². The topological polar surface area (TPSA) is 63.3 Å². The average molecular weight is 181 g/mol. The van der Waals surface area contributed by atoms with E-state index >= 15 is 0 Å². The lowest BCUT2D eigenvalue weighted by molar-refractivity contribution is -0.138. The Labute approximate surface area is 66.4 Å². The molecule has 0 rings (SSSR count). The zero-order chi connectivity index (χ0) is 9.78. The average Bonchev–Trinajstić information content (AvgIpc) is 1.84. The SMILES string of the molecule is N[C@@H](CC#CC(F)(F)F)C(=O)O. The zero-order valence-corrected chi connectivity index (χ0v) is 5.85. The standard InChI is InChI=1S/C6H6F3NO2/c7-6(8,9)3-1-2-4(10)5(11)12/h4H,2,10H2,(H,11,12)/t4-/m0/s1. The summed E-state index contributed by atoms with van der Waals surface area (Å²) in [5.41, 5.74) is 4.88. The largest absolute Gasteiger partial charge is 0.480 e. The molecule has 0 aliphatic carbocycles. The maximum Gasteiger partial charge on any atom is 0.457 e. The Morgan fingerprint density at radius 2 is 2.08 bits per heavy atom. The highest BCUT2D eigenvalue weighted by molar-refractivity contribution is 5.73. The van der Waals surface area contributed by atoms with Crippen molar-refractivity contribution in [2.24, 2.45) is 5.73 Å². The van der Waals surface area contributed by atoms with Crippen LogP contribution in [0.2, 0.25) is 0 Å². The van der Waals surface area contributed by atoms with Crippen molar-refractivity contribution < 1.29 is 23.1 Å². The van der Waals surface area contributed by atoms with Crippen LogP contribution in [0.4, 0.5) is 13.2 Å². The number of carboxylic acid groups (broad SMARTS) is 1. The third-order valence-electron chi connectivity index (χ3n) is 0.869. The smallest absolute Gasteiger partial charge is 0.457 e. The first kappa shape index (κ1) is 10.8. The highest BCUT2D eigenvalue weighted by Gasteiger charge is 2.23. The number of nitrogens with two attached hydrogens (primary N) is 1. The Morgan fingerprint density at radius 1 is 1.58 bits per heavy atom. The van der Waals surface area contributed by atoms with Gasteiger partial charge in [-0.15, -0.1) is 0 Å². The summed E-state index contributed by atoms with van der Waals surface area (Å²) in [6, 6.07) is -1.36. The first-order chi connectivity index (χ1) is 5.33. The van der Waals surface area contributed by atoms with Crippen LogP contribution >= 0.6 is 0 Å². The van der Waals surface area contributed by atoms with Crippen LogP contribution in [0.3, 0.4) is 0 Å². The molecule has 3 nitrogen and oxygen atoms in total. The van der Waals surface area contributed by atoms with E-state index in [9.17, 15) is 18.0 Å². The molecule has 1 atom stereocenters. The molecule has 0 saturated carbocycles. The van der Waals surface area contributed by atoms with Gasteiger partial charge >= 0.3 is 12.1 Å². The minimum atomic E-state index is -4.59. The Hall–Kier alpha value is -1.22. The molecular formula is C6H6F3NO2. The van der Waals surface area contributed by atoms with Gasteiger partial charge in [-0.1, -0.05) is 5.92 Å². The molecule has 0 aliphatic rings. The first-order valence-electron chi connectivity index (χ1n) is 2.88. The molecule has 0 bridgehead atoms. The second-order valence-corrected chi connectivity index (χ2v) is 1.95. The van der Waals surface area contributed by atoms with Crippen LogP contribution < -0.4 is 5.73 Å². The van der Waals surface area contributed by atoms with Gasteiger partial charge in [0.15, 0.2) is 0 Å². The minimum absolute atomic E-state index is 0.505. The van der Waals surface area contributed by atoms with Gasteiger partial charge in [-0.25, -0.2) is 0 Å². The van der Waals surface area contributed by atoms with Gasteiger partial charge in [-0.2, -0.15) is 13.2 Å². The fourth-order valence-corrected chi connectivity index (χ4v) is 0.349. The summed E-state index contributed by atoms with van der Waals surface area (Å²) in [6.45, 7) is 0. The lowest BCUT2D eigenvalue weighted by Gasteiger charge is -1.98. The van der Waals surface area contributed by atoms with E-state index in [2.05, 4.69) is 0 Å². The van der Waals surface area contributed by atoms with E-state index < -0.39 is 24.6 Å². The third kappa shape index (κ3) is 5.56. The Morgan fingerprint density at radius 3 is 2.42 bits per heavy atom. The van der Waals surface area contributed by atoms with Gasteiger partial charge in [0, 0.05) is 12.3 Å². The number of carbonyl (C=O) groups is 1. The van der Waals surface area contributed by atoms with Gasteiger partial charge in [-0.3, -0.25) is 4.79 Å². The number of halogens is 3. The fraction of sp³-hybridized carbons (Fsp3) is 0.500. The molecule has 6 heteroatoms. The number of aliphatic carboxylic acids is 1. The van der Waals surface area contributed by atoms with Gasteiger partial charge in [0.05, 0.1) is 0 Å². The number of carboxylic acids is 1. The molecule has 68 valence electrons.